The van der Waals surface area contributed by atoms with Crippen molar-refractivity contribution in [1.82, 2.24) is 0 Å². The lowest BCUT2D eigenvalue weighted by molar-refractivity contribution is -0.333. The number of aliphatic hydroxyl groups is 1. The van der Waals surface area contributed by atoms with Crippen molar-refractivity contribution < 1.29 is 28.8 Å². The average Bonchev–Trinajstić information content (AvgIpc) is 3.07. The molecular weight excluding hydrogens is 300 g/mol. The molecule has 1 spiro atoms. The van der Waals surface area contributed by atoms with Crippen LogP contribution < -0.4 is 0 Å². The average molecular weight is 322 g/mol. The number of carbonyl (C=O) groups is 1. The maximum Gasteiger partial charge on any atom is 0.338 e. The summed E-state index contributed by atoms with van der Waals surface area (Å²) in [6.45, 7) is 2.41. The molecular formula is C17H22O6. The van der Waals surface area contributed by atoms with E-state index in [-0.39, 0.29) is 0 Å². The molecule has 6 nitrogen and oxygen atoms in total. The second-order valence-corrected chi connectivity index (χ2v) is 8.89. The number of hydrogen-bond donors (Lipinski definition) is 1. The largest absolute Gasteiger partial charge is 0.454 e. The Morgan fingerprint density at radius 3 is 2.48 bits per heavy atom. The zero-order chi connectivity index (χ0) is 15.6. The van der Waals surface area contributed by atoms with E-state index in [2.05, 4.69) is 6.92 Å². The first-order valence-electron chi connectivity index (χ1n) is 8.87. The van der Waals surface area contributed by atoms with Gasteiger partial charge in [-0.3, -0.25) is 0 Å². The number of fused-ring (bicyclic) bond motifs is 3. The Morgan fingerprint density at radius 1 is 1.04 bits per heavy atom. The predicted octanol–water partition coefficient (Wildman–Crippen LogP) is 0.955. The molecule has 0 radical (unpaired) electrons. The fourth-order valence-electron chi connectivity index (χ4n) is 6.72. The zero-order valence-corrected chi connectivity index (χ0v) is 13.1. The second-order valence-electron chi connectivity index (χ2n) is 8.89. The normalized spacial score (nSPS) is 65.2. The predicted molar refractivity (Wildman–Crippen MR) is 74.9 cm³/mol. The first kappa shape index (κ1) is 13.6. The van der Waals surface area contributed by atoms with Crippen molar-refractivity contribution in [3.63, 3.8) is 0 Å². The maximum absolute atomic E-state index is 11.6. The minimum atomic E-state index is -1.22. The summed E-state index contributed by atoms with van der Waals surface area (Å²) in [5.74, 6) is 0.453. The van der Waals surface area contributed by atoms with Gasteiger partial charge in [0.15, 0.2) is 30.4 Å². The quantitative estimate of drug-likeness (QED) is 0.670. The summed E-state index contributed by atoms with van der Waals surface area (Å²) in [4.78, 5) is 11.6. The Labute approximate surface area is 134 Å². The molecule has 126 valence electrons. The van der Waals surface area contributed by atoms with Gasteiger partial charge in [-0.25, -0.2) is 4.79 Å². The van der Waals surface area contributed by atoms with Gasteiger partial charge in [0.05, 0.1) is 0 Å². The molecule has 7 rings (SSSR count). The van der Waals surface area contributed by atoms with Crippen molar-refractivity contribution >= 4 is 5.97 Å². The molecule has 3 saturated heterocycles. The van der Waals surface area contributed by atoms with Crippen LogP contribution in [0.15, 0.2) is 0 Å². The van der Waals surface area contributed by atoms with E-state index in [1.807, 2.05) is 0 Å². The molecule has 0 amide bonds. The van der Waals surface area contributed by atoms with Crippen LogP contribution in [0.5, 0.6) is 0 Å². The number of esters is 1. The zero-order valence-electron chi connectivity index (χ0n) is 13.1. The number of carbonyl (C=O) groups excluding carboxylic acids is 1. The molecule has 7 atom stereocenters. The van der Waals surface area contributed by atoms with E-state index >= 15 is 0 Å². The van der Waals surface area contributed by atoms with E-state index in [0.717, 1.165) is 18.8 Å². The summed E-state index contributed by atoms with van der Waals surface area (Å²) >= 11 is 0. The van der Waals surface area contributed by atoms with Gasteiger partial charge in [0.2, 0.25) is 0 Å². The molecule has 23 heavy (non-hydrogen) atoms. The van der Waals surface area contributed by atoms with Crippen molar-refractivity contribution in [2.45, 2.75) is 75.5 Å². The van der Waals surface area contributed by atoms with E-state index in [9.17, 15) is 9.90 Å². The van der Waals surface area contributed by atoms with Crippen LogP contribution in [-0.2, 0) is 23.7 Å². The SMILES string of the molecule is CC12CC3CC(C1)C1(OC4OC5C(O)C(=O)OC5C4O1)C(C3)C2. The van der Waals surface area contributed by atoms with Gasteiger partial charge in [0, 0.05) is 11.8 Å². The number of aliphatic hydroxyl groups excluding tert-OH is 1. The molecule has 4 aliphatic carbocycles. The van der Waals surface area contributed by atoms with Crippen LogP contribution >= 0.6 is 0 Å². The van der Waals surface area contributed by atoms with Crippen molar-refractivity contribution in [1.29, 1.82) is 0 Å². The van der Waals surface area contributed by atoms with Gasteiger partial charge >= 0.3 is 5.97 Å². The van der Waals surface area contributed by atoms with Crippen molar-refractivity contribution in [3.05, 3.63) is 0 Å². The van der Waals surface area contributed by atoms with Crippen molar-refractivity contribution in [3.8, 4) is 0 Å². The molecule has 7 aliphatic rings. The van der Waals surface area contributed by atoms with Crippen LogP contribution in [0.4, 0.5) is 0 Å². The van der Waals surface area contributed by atoms with E-state index in [4.69, 9.17) is 18.9 Å². The van der Waals surface area contributed by atoms with Crippen LogP contribution in [0.2, 0.25) is 0 Å². The standard InChI is InChI=1S/C17H22O6/c1-16-4-7-2-8(5-16)17(9(3-7)6-16)22-13-12-11(21-15(13)23-17)10(18)14(19)20-12/h7-13,15,18H,2-6H2,1H3. The third-order valence-electron chi connectivity index (χ3n) is 7.27. The van der Waals surface area contributed by atoms with Gasteiger partial charge in [-0.1, -0.05) is 6.92 Å². The summed E-state index contributed by atoms with van der Waals surface area (Å²) in [5.41, 5.74) is 0.436. The van der Waals surface area contributed by atoms with Gasteiger partial charge in [0.25, 0.3) is 0 Å². The molecule has 1 N–H and O–H groups in total. The van der Waals surface area contributed by atoms with Crippen LogP contribution in [0.3, 0.4) is 0 Å². The molecule has 0 aromatic heterocycles. The third-order valence-corrected chi connectivity index (χ3v) is 7.27. The lowest BCUT2D eigenvalue weighted by Crippen LogP contribution is -2.61. The van der Waals surface area contributed by atoms with Crippen LogP contribution in [0, 0.1) is 23.2 Å². The molecule has 7 unspecified atom stereocenters. The van der Waals surface area contributed by atoms with Gasteiger partial charge in [-0.15, -0.1) is 0 Å². The van der Waals surface area contributed by atoms with Gasteiger partial charge in [-0.2, -0.15) is 0 Å². The smallest absolute Gasteiger partial charge is 0.338 e. The minimum absolute atomic E-state index is 0.397. The highest BCUT2D eigenvalue weighted by Gasteiger charge is 2.71. The lowest BCUT2D eigenvalue weighted by Gasteiger charge is -2.62. The van der Waals surface area contributed by atoms with E-state index in [1.54, 1.807) is 0 Å². The molecule has 4 bridgehead atoms. The Hall–Kier alpha value is -0.690. The molecule has 6 heteroatoms. The minimum Gasteiger partial charge on any atom is -0.454 e. The highest BCUT2D eigenvalue weighted by molar-refractivity contribution is 5.78. The Bertz CT molecular complexity index is 574. The summed E-state index contributed by atoms with van der Waals surface area (Å²) in [5, 5.41) is 9.85. The monoisotopic (exact) mass is 322 g/mol. The Kier molecular flexibility index (Phi) is 2.32. The molecule has 4 saturated carbocycles. The Balaban J connectivity index is 1.32. The summed E-state index contributed by atoms with van der Waals surface area (Å²) < 4.78 is 23.9. The van der Waals surface area contributed by atoms with Crippen molar-refractivity contribution in [2.75, 3.05) is 0 Å². The van der Waals surface area contributed by atoms with Gasteiger partial charge < -0.3 is 24.1 Å². The summed E-state index contributed by atoms with van der Waals surface area (Å²) in [6, 6.07) is 0. The molecule has 0 aromatic carbocycles. The summed E-state index contributed by atoms with van der Waals surface area (Å²) in [7, 11) is 0. The van der Waals surface area contributed by atoms with E-state index in [0.29, 0.717) is 17.3 Å². The molecule has 7 fully saturated rings. The maximum atomic E-state index is 11.6. The fraction of sp³-hybridized carbons (Fsp3) is 0.941. The first-order valence-corrected chi connectivity index (χ1v) is 8.87. The molecule has 3 aliphatic heterocycles. The van der Waals surface area contributed by atoms with Crippen LogP contribution in [0.25, 0.3) is 0 Å². The lowest BCUT2D eigenvalue weighted by atomic mass is 9.48. The van der Waals surface area contributed by atoms with Gasteiger partial charge in [0.1, 0.15) is 6.10 Å². The first-order chi connectivity index (χ1) is 11.0. The highest BCUT2D eigenvalue weighted by Crippen LogP contribution is 2.67. The number of ether oxygens (including phenoxy) is 4. The van der Waals surface area contributed by atoms with Crippen LogP contribution in [-0.4, -0.2) is 47.6 Å². The highest BCUT2D eigenvalue weighted by atomic mass is 16.9. The number of rotatable bonds is 0. The number of hydrogen-bond acceptors (Lipinski definition) is 6. The fourth-order valence-corrected chi connectivity index (χ4v) is 6.72. The van der Waals surface area contributed by atoms with Gasteiger partial charge in [-0.05, 0) is 43.4 Å². The van der Waals surface area contributed by atoms with E-state index < -0.39 is 42.5 Å². The van der Waals surface area contributed by atoms with E-state index in [1.165, 1.54) is 19.3 Å². The third kappa shape index (κ3) is 1.52. The molecule has 3 heterocycles. The summed E-state index contributed by atoms with van der Waals surface area (Å²) in [6.07, 6.45) is 2.67. The molecule has 0 aromatic rings. The Morgan fingerprint density at radius 2 is 1.78 bits per heavy atom. The van der Waals surface area contributed by atoms with Crippen molar-refractivity contribution in [2.24, 2.45) is 23.2 Å². The topological polar surface area (TPSA) is 74.2 Å². The van der Waals surface area contributed by atoms with Crippen LogP contribution in [0.1, 0.15) is 39.0 Å². The second kappa shape index (κ2) is 3.93.